The van der Waals surface area contributed by atoms with E-state index in [1.165, 1.54) is 11.1 Å². The maximum atomic E-state index is 6.25. The lowest BCUT2D eigenvalue weighted by Crippen LogP contribution is -2.23. The molecule has 2 aromatic rings. The Hall–Kier alpha value is -0.830. The van der Waals surface area contributed by atoms with Gasteiger partial charge in [0, 0.05) is 15.5 Å². The smallest absolute Gasteiger partial charge is 0.0438 e. The fourth-order valence-electron chi connectivity index (χ4n) is 2.28. The second-order valence-electron chi connectivity index (χ2n) is 4.95. The largest absolute Gasteiger partial charge is 0.310 e. The molecule has 0 amide bonds. The molecule has 1 nitrogen and oxygen atoms in total. The molecule has 3 heteroatoms. The van der Waals surface area contributed by atoms with E-state index in [0.717, 1.165) is 28.0 Å². The Balaban J connectivity index is 2.24. The van der Waals surface area contributed by atoms with Crippen LogP contribution in [0.3, 0.4) is 0 Å². The molecule has 2 aromatic carbocycles. The lowest BCUT2D eigenvalue weighted by Gasteiger charge is -2.19. The average Bonchev–Trinajstić information content (AvgIpc) is 2.41. The van der Waals surface area contributed by atoms with Gasteiger partial charge < -0.3 is 5.32 Å². The summed E-state index contributed by atoms with van der Waals surface area (Å²) in [6.07, 6.45) is 0.951. The molecule has 1 atom stereocenters. The summed E-state index contributed by atoms with van der Waals surface area (Å²) in [4.78, 5) is 0. The minimum absolute atomic E-state index is 0.285. The van der Waals surface area contributed by atoms with Crippen molar-refractivity contribution in [1.82, 2.24) is 5.32 Å². The maximum absolute atomic E-state index is 6.25. The van der Waals surface area contributed by atoms with Gasteiger partial charge in [0.25, 0.3) is 0 Å². The Bertz CT molecular complexity index is 583. The van der Waals surface area contributed by atoms with Crippen molar-refractivity contribution in [2.75, 3.05) is 6.54 Å². The highest BCUT2D eigenvalue weighted by Gasteiger charge is 2.12. The number of rotatable bonds is 5. The molecule has 0 heterocycles. The molecule has 0 aromatic heterocycles. The van der Waals surface area contributed by atoms with E-state index < -0.39 is 0 Å². The van der Waals surface area contributed by atoms with Gasteiger partial charge in [-0.15, -0.1) is 0 Å². The summed E-state index contributed by atoms with van der Waals surface area (Å²) >= 11 is 9.78. The van der Waals surface area contributed by atoms with E-state index in [-0.39, 0.29) is 6.04 Å². The minimum atomic E-state index is 0.285. The first-order valence-electron chi connectivity index (χ1n) is 6.84. The van der Waals surface area contributed by atoms with Crippen molar-refractivity contribution in [2.24, 2.45) is 0 Å². The Labute approximate surface area is 134 Å². The van der Waals surface area contributed by atoms with Crippen LogP contribution in [0.4, 0.5) is 0 Å². The Morgan fingerprint density at radius 3 is 2.65 bits per heavy atom. The van der Waals surface area contributed by atoms with Gasteiger partial charge in [-0.3, -0.25) is 0 Å². The number of hydrogen-bond acceptors (Lipinski definition) is 1. The van der Waals surface area contributed by atoms with E-state index in [1.807, 2.05) is 6.92 Å². The fourth-order valence-corrected chi connectivity index (χ4v) is 2.92. The first-order valence-corrected chi connectivity index (χ1v) is 8.01. The van der Waals surface area contributed by atoms with Crippen LogP contribution in [0.5, 0.6) is 0 Å². The molecule has 20 heavy (non-hydrogen) atoms. The van der Waals surface area contributed by atoms with Crippen molar-refractivity contribution in [1.29, 1.82) is 0 Å². The number of likely N-dealkylation sites (N-methyl/N-ethyl adjacent to an activating group) is 1. The van der Waals surface area contributed by atoms with E-state index in [0.29, 0.717) is 0 Å². The molecule has 106 valence electrons. The van der Waals surface area contributed by atoms with Crippen LogP contribution in [0.2, 0.25) is 5.02 Å². The average molecular weight is 353 g/mol. The Morgan fingerprint density at radius 2 is 2.00 bits per heavy atom. The molecule has 0 aliphatic carbocycles. The number of halogens is 2. The Kier molecular flexibility index (Phi) is 5.64. The zero-order chi connectivity index (χ0) is 14.5. The van der Waals surface area contributed by atoms with Crippen molar-refractivity contribution < 1.29 is 0 Å². The third-order valence-corrected chi connectivity index (χ3v) is 4.28. The van der Waals surface area contributed by atoms with Gasteiger partial charge in [-0.2, -0.15) is 0 Å². The van der Waals surface area contributed by atoms with E-state index in [4.69, 9.17) is 11.6 Å². The predicted molar refractivity (Wildman–Crippen MR) is 90.5 cm³/mol. The van der Waals surface area contributed by atoms with Gasteiger partial charge >= 0.3 is 0 Å². The van der Waals surface area contributed by atoms with Gasteiger partial charge in [0.15, 0.2) is 0 Å². The standard InChI is InChI=1S/C17H19BrClN/c1-3-20-17(10-13-5-4-6-15(18)9-13)14-8-7-12(2)16(19)11-14/h4-9,11,17,20H,3,10H2,1-2H3. The van der Waals surface area contributed by atoms with Gasteiger partial charge in [0.1, 0.15) is 0 Å². The van der Waals surface area contributed by atoms with Crippen LogP contribution in [0.15, 0.2) is 46.9 Å². The van der Waals surface area contributed by atoms with Crippen LogP contribution in [0.1, 0.15) is 29.7 Å². The van der Waals surface area contributed by atoms with Crippen molar-refractivity contribution in [3.05, 3.63) is 68.7 Å². The number of aryl methyl sites for hydroxylation is 1. The molecular weight excluding hydrogens is 334 g/mol. The second-order valence-corrected chi connectivity index (χ2v) is 6.28. The van der Waals surface area contributed by atoms with Crippen LogP contribution in [-0.4, -0.2) is 6.54 Å². The van der Waals surface area contributed by atoms with Crippen LogP contribution < -0.4 is 5.32 Å². The number of hydrogen-bond donors (Lipinski definition) is 1. The first kappa shape index (κ1) is 15.6. The molecule has 0 spiro atoms. The zero-order valence-corrected chi connectivity index (χ0v) is 14.1. The monoisotopic (exact) mass is 351 g/mol. The van der Waals surface area contributed by atoms with Gasteiger partial charge in [-0.25, -0.2) is 0 Å². The third kappa shape index (κ3) is 4.08. The molecular formula is C17H19BrClN. The van der Waals surface area contributed by atoms with E-state index in [2.05, 4.69) is 70.6 Å². The van der Waals surface area contributed by atoms with Crippen LogP contribution in [0, 0.1) is 6.92 Å². The molecule has 0 bridgehead atoms. The maximum Gasteiger partial charge on any atom is 0.0438 e. The SMILES string of the molecule is CCNC(Cc1cccc(Br)c1)c1ccc(C)c(Cl)c1. The molecule has 0 saturated carbocycles. The summed E-state index contributed by atoms with van der Waals surface area (Å²) in [5, 5.41) is 4.37. The van der Waals surface area contributed by atoms with Gasteiger partial charge in [0.2, 0.25) is 0 Å². The number of benzene rings is 2. The number of nitrogens with one attached hydrogen (secondary N) is 1. The van der Waals surface area contributed by atoms with Crippen LogP contribution in [0.25, 0.3) is 0 Å². The van der Waals surface area contributed by atoms with Crippen molar-refractivity contribution in [3.8, 4) is 0 Å². The van der Waals surface area contributed by atoms with Gasteiger partial charge in [-0.05, 0) is 54.8 Å². The molecule has 0 aliphatic heterocycles. The summed E-state index contributed by atoms with van der Waals surface area (Å²) in [6.45, 7) is 5.09. The Morgan fingerprint density at radius 1 is 1.20 bits per heavy atom. The van der Waals surface area contributed by atoms with Crippen molar-refractivity contribution >= 4 is 27.5 Å². The zero-order valence-electron chi connectivity index (χ0n) is 11.8. The highest BCUT2D eigenvalue weighted by Crippen LogP contribution is 2.25. The minimum Gasteiger partial charge on any atom is -0.310 e. The van der Waals surface area contributed by atoms with E-state index in [1.54, 1.807) is 0 Å². The van der Waals surface area contributed by atoms with E-state index >= 15 is 0 Å². The summed E-state index contributed by atoms with van der Waals surface area (Å²) in [5.74, 6) is 0. The summed E-state index contributed by atoms with van der Waals surface area (Å²) in [5.41, 5.74) is 3.66. The second kappa shape index (κ2) is 7.26. The fraction of sp³-hybridized carbons (Fsp3) is 0.294. The summed E-state index contributed by atoms with van der Waals surface area (Å²) in [7, 11) is 0. The third-order valence-electron chi connectivity index (χ3n) is 3.38. The highest BCUT2D eigenvalue weighted by atomic mass is 79.9. The first-order chi connectivity index (χ1) is 9.60. The van der Waals surface area contributed by atoms with Gasteiger partial charge in [0.05, 0.1) is 0 Å². The predicted octanol–water partition coefficient (Wildman–Crippen LogP) is 5.30. The van der Waals surface area contributed by atoms with Crippen LogP contribution >= 0.6 is 27.5 Å². The molecule has 0 aliphatic rings. The van der Waals surface area contributed by atoms with Crippen molar-refractivity contribution in [3.63, 3.8) is 0 Å². The lowest BCUT2D eigenvalue weighted by molar-refractivity contribution is 0.549. The summed E-state index contributed by atoms with van der Waals surface area (Å²) < 4.78 is 1.12. The molecule has 0 fully saturated rings. The van der Waals surface area contributed by atoms with Crippen LogP contribution in [-0.2, 0) is 6.42 Å². The molecule has 2 rings (SSSR count). The molecule has 1 unspecified atom stereocenters. The lowest BCUT2D eigenvalue weighted by atomic mass is 9.98. The highest BCUT2D eigenvalue weighted by molar-refractivity contribution is 9.10. The topological polar surface area (TPSA) is 12.0 Å². The molecule has 1 N–H and O–H groups in total. The normalized spacial score (nSPS) is 12.4. The summed E-state index contributed by atoms with van der Waals surface area (Å²) in [6, 6.07) is 15.1. The van der Waals surface area contributed by atoms with E-state index in [9.17, 15) is 0 Å². The van der Waals surface area contributed by atoms with Crippen molar-refractivity contribution in [2.45, 2.75) is 26.3 Å². The molecule has 0 radical (unpaired) electrons. The van der Waals surface area contributed by atoms with Gasteiger partial charge in [-0.1, -0.05) is 58.7 Å². The molecule has 0 saturated heterocycles. The quantitative estimate of drug-likeness (QED) is 0.769.